The third-order valence-corrected chi connectivity index (χ3v) is 3.72. The summed E-state index contributed by atoms with van der Waals surface area (Å²) in [4.78, 5) is 15.0. The maximum atomic E-state index is 13.4. The van der Waals surface area contributed by atoms with E-state index in [2.05, 4.69) is 4.98 Å². The zero-order valence-electron chi connectivity index (χ0n) is 12.1. The maximum Gasteiger partial charge on any atom is 0.417 e. The van der Waals surface area contributed by atoms with Crippen LogP contribution in [0.15, 0.2) is 36.5 Å². The van der Waals surface area contributed by atoms with Crippen LogP contribution in [0.3, 0.4) is 0 Å². The molecule has 0 fully saturated rings. The topological polar surface area (TPSA) is 50.2 Å². The SMILES string of the molecule is CCC(C(=O)O)c1ccc(-c2ccc(Cl)nc2)c(C(F)(F)F)c1. The molecule has 1 unspecified atom stereocenters. The Bertz CT molecular complexity index is 714. The van der Waals surface area contributed by atoms with Gasteiger partial charge < -0.3 is 5.11 Å². The first kappa shape index (κ1) is 17.3. The molecule has 2 aromatic rings. The first-order chi connectivity index (χ1) is 10.7. The third-order valence-electron chi connectivity index (χ3n) is 3.50. The van der Waals surface area contributed by atoms with Gasteiger partial charge in [0.15, 0.2) is 0 Å². The van der Waals surface area contributed by atoms with Crippen LogP contribution in [0.25, 0.3) is 11.1 Å². The number of pyridine rings is 1. The number of nitrogens with zero attached hydrogens (tertiary/aromatic N) is 1. The number of alkyl halides is 3. The van der Waals surface area contributed by atoms with Gasteiger partial charge in [-0.05, 0) is 35.7 Å². The average Bonchev–Trinajstić information content (AvgIpc) is 2.47. The second-order valence-corrected chi connectivity index (χ2v) is 5.36. The molecule has 0 saturated heterocycles. The first-order valence-electron chi connectivity index (χ1n) is 6.80. The van der Waals surface area contributed by atoms with Crippen LogP contribution in [0.4, 0.5) is 13.2 Å². The number of aliphatic carboxylic acids is 1. The van der Waals surface area contributed by atoms with E-state index >= 15 is 0 Å². The second kappa shape index (κ2) is 6.58. The van der Waals surface area contributed by atoms with Gasteiger partial charge in [-0.1, -0.05) is 30.7 Å². The Morgan fingerprint density at radius 3 is 2.48 bits per heavy atom. The van der Waals surface area contributed by atoms with Crippen LogP contribution in [0.5, 0.6) is 0 Å². The minimum absolute atomic E-state index is 0.0642. The van der Waals surface area contributed by atoms with Crippen molar-refractivity contribution in [1.29, 1.82) is 0 Å². The van der Waals surface area contributed by atoms with Gasteiger partial charge in [0.2, 0.25) is 0 Å². The smallest absolute Gasteiger partial charge is 0.417 e. The van der Waals surface area contributed by atoms with Crippen molar-refractivity contribution in [1.82, 2.24) is 4.98 Å². The van der Waals surface area contributed by atoms with E-state index in [0.717, 1.165) is 6.07 Å². The number of rotatable bonds is 4. The molecule has 0 bridgehead atoms. The van der Waals surface area contributed by atoms with Gasteiger partial charge in [0.1, 0.15) is 5.15 Å². The standard InChI is InChI=1S/C16H13ClF3NO2/c1-2-11(15(22)23)9-3-5-12(13(7-9)16(18,19)20)10-4-6-14(17)21-8-10/h3-8,11H,2H2,1H3,(H,22,23). The highest BCUT2D eigenvalue weighted by molar-refractivity contribution is 6.29. The van der Waals surface area contributed by atoms with Gasteiger partial charge in [-0.2, -0.15) is 13.2 Å². The maximum absolute atomic E-state index is 13.4. The summed E-state index contributed by atoms with van der Waals surface area (Å²) in [7, 11) is 0. The highest BCUT2D eigenvalue weighted by Crippen LogP contribution is 2.39. The van der Waals surface area contributed by atoms with Crippen molar-refractivity contribution in [2.75, 3.05) is 0 Å². The van der Waals surface area contributed by atoms with Crippen LogP contribution in [0, 0.1) is 0 Å². The molecule has 0 aliphatic carbocycles. The van der Waals surface area contributed by atoms with E-state index in [0.29, 0.717) is 0 Å². The predicted octanol–water partition coefficient (Wildman–Crippen LogP) is 5.00. The highest BCUT2D eigenvalue weighted by Gasteiger charge is 2.35. The molecule has 122 valence electrons. The summed E-state index contributed by atoms with van der Waals surface area (Å²) in [5.74, 6) is -2.13. The average molecular weight is 344 g/mol. The fourth-order valence-electron chi connectivity index (χ4n) is 2.35. The molecule has 0 aliphatic heterocycles. The molecule has 1 N–H and O–H groups in total. The zero-order chi connectivity index (χ0) is 17.2. The predicted molar refractivity (Wildman–Crippen MR) is 80.4 cm³/mol. The van der Waals surface area contributed by atoms with Crippen molar-refractivity contribution in [3.05, 3.63) is 52.8 Å². The van der Waals surface area contributed by atoms with Crippen molar-refractivity contribution < 1.29 is 23.1 Å². The van der Waals surface area contributed by atoms with Crippen molar-refractivity contribution in [3.63, 3.8) is 0 Å². The molecule has 0 radical (unpaired) electrons. The molecule has 7 heteroatoms. The van der Waals surface area contributed by atoms with E-state index < -0.39 is 23.6 Å². The van der Waals surface area contributed by atoms with E-state index in [4.69, 9.17) is 16.7 Å². The summed E-state index contributed by atoms with van der Waals surface area (Å²) in [5.41, 5.74) is -0.570. The van der Waals surface area contributed by atoms with Crippen LogP contribution in [0.2, 0.25) is 5.15 Å². The van der Waals surface area contributed by atoms with Crippen LogP contribution < -0.4 is 0 Å². The summed E-state index contributed by atoms with van der Waals surface area (Å²) in [5, 5.41) is 9.31. The van der Waals surface area contributed by atoms with E-state index in [1.807, 2.05) is 0 Å². The lowest BCUT2D eigenvalue weighted by molar-refractivity contribution is -0.140. The number of hydrogen-bond donors (Lipinski definition) is 1. The lowest BCUT2D eigenvalue weighted by atomic mass is 9.91. The summed E-state index contributed by atoms with van der Waals surface area (Å²) in [6.45, 7) is 1.61. The van der Waals surface area contributed by atoms with Crippen LogP contribution in [-0.4, -0.2) is 16.1 Å². The first-order valence-corrected chi connectivity index (χ1v) is 7.17. The quantitative estimate of drug-likeness (QED) is 0.795. The van der Waals surface area contributed by atoms with Crippen LogP contribution in [0.1, 0.15) is 30.4 Å². The van der Waals surface area contributed by atoms with Gasteiger partial charge >= 0.3 is 12.1 Å². The largest absolute Gasteiger partial charge is 0.481 e. The number of carboxylic acid groups (broad SMARTS) is 1. The Kier molecular flexibility index (Phi) is 4.94. The van der Waals surface area contributed by atoms with Crippen molar-refractivity contribution in [2.45, 2.75) is 25.4 Å². The normalized spacial score (nSPS) is 12.9. The summed E-state index contributed by atoms with van der Waals surface area (Å²) < 4.78 is 40.1. The monoisotopic (exact) mass is 343 g/mol. The molecule has 0 aliphatic rings. The molecule has 1 heterocycles. The summed E-state index contributed by atoms with van der Waals surface area (Å²) >= 11 is 5.65. The van der Waals surface area contributed by atoms with Gasteiger partial charge in [-0.15, -0.1) is 0 Å². The minimum Gasteiger partial charge on any atom is -0.481 e. The summed E-state index contributed by atoms with van der Waals surface area (Å²) in [6, 6.07) is 6.41. The molecular weight excluding hydrogens is 331 g/mol. The molecule has 1 atom stereocenters. The molecule has 3 nitrogen and oxygen atoms in total. The van der Waals surface area contributed by atoms with Crippen molar-refractivity contribution in [3.8, 4) is 11.1 Å². The molecule has 1 aromatic heterocycles. The van der Waals surface area contributed by atoms with Crippen LogP contribution >= 0.6 is 11.6 Å². The fourth-order valence-corrected chi connectivity index (χ4v) is 2.46. The van der Waals surface area contributed by atoms with Crippen molar-refractivity contribution >= 4 is 17.6 Å². The van der Waals surface area contributed by atoms with Gasteiger partial charge in [0.25, 0.3) is 0 Å². The number of hydrogen-bond acceptors (Lipinski definition) is 2. The Morgan fingerprint density at radius 1 is 1.30 bits per heavy atom. The Labute approximate surface area is 135 Å². The molecule has 0 saturated carbocycles. The van der Waals surface area contributed by atoms with Gasteiger partial charge in [0, 0.05) is 11.8 Å². The Hall–Kier alpha value is -2.08. The number of carbonyl (C=O) groups is 1. The third kappa shape index (κ3) is 3.82. The molecule has 2 rings (SSSR count). The van der Waals surface area contributed by atoms with E-state index in [-0.39, 0.29) is 28.3 Å². The molecule has 23 heavy (non-hydrogen) atoms. The number of carboxylic acids is 1. The molecule has 1 aromatic carbocycles. The van der Waals surface area contributed by atoms with E-state index in [1.165, 1.54) is 30.5 Å². The number of benzene rings is 1. The van der Waals surface area contributed by atoms with E-state index in [9.17, 15) is 18.0 Å². The van der Waals surface area contributed by atoms with Gasteiger partial charge in [-0.25, -0.2) is 4.98 Å². The minimum atomic E-state index is -4.61. The summed E-state index contributed by atoms with van der Waals surface area (Å²) in [6.07, 6.45) is -3.16. The van der Waals surface area contributed by atoms with Crippen LogP contribution in [-0.2, 0) is 11.0 Å². The number of halogens is 4. The lowest BCUT2D eigenvalue weighted by Crippen LogP contribution is -2.13. The highest BCUT2D eigenvalue weighted by atomic mass is 35.5. The Balaban J connectivity index is 2.60. The zero-order valence-corrected chi connectivity index (χ0v) is 12.8. The fraction of sp³-hybridized carbons (Fsp3) is 0.250. The van der Waals surface area contributed by atoms with E-state index in [1.54, 1.807) is 6.92 Å². The Morgan fingerprint density at radius 2 is 2.00 bits per heavy atom. The van der Waals surface area contributed by atoms with Gasteiger partial charge in [0.05, 0.1) is 11.5 Å². The second-order valence-electron chi connectivity index (χ2n) is 4.97. The molecule has 0 spiro atoms. The number of aromatic nitrogens is 1. The molecule has 0 amide bonds. The van der Waals surface area contributed by atoms with Crippen molar-refractivity contribution in [2.24, 2.45) is 0 Å². The lowest BCUT2D eigenvalue weighted by Gasteiger charge is -2.17. The molecular formula is C16H13ClF3NO2. The van der Waals surface area contributed by atoms with Gasteiger partial charge in [-0.3, -0.25) is 4.79 Å².